The second-order valence-corrected chi connectivity index (χ2v) is 9.75. The van der Waals surface area contributed by atoms with Crippen LogP contribution < -0.4 is 4.74 Å². The fourth-order valence-electron chi connectivity index (χ4n) is 6.32. The van der Waals surface area contributed by atoms with Crippen molar-refractivity contribution in [2.75, 3.05) is 13.7 Å². The van der Waals surface area contributed by atoms with Crippen molar-refractivity contribution in [1.29, 1.82) is 0 Å². The van der Waals surface area contributed by atoms with Gasteiger partial charge in [0.05, 0.1) is 18.9 Å². The summed E-state index contributed by atoms with van der Waals surface area (Å²) in [5.74, 6) is -3.06. The van der Waals surface area contributed by atoms with E-state index in [4.69, 9.17) is 9.47 Å². The first-order valence-corrected chi connectivity index (χ1v) is 12.3. The normalized spacial score (nSPS) is 23.7. The lowest BCUT2D eigenvalue weighted by atomic mass is 9.55. The van der Waals surface area contributed by atoms with Gasteiger partial charge in [-0.1, -0.05) is 60.7 Å². The number of carbonyl (C=O) groups excluding carboxylic acids is 4. The Hall–Kier alpha value is -4.26. The number of esters is 1. The predicted octanol–water partition coefficient (Wildman–Crippen LogP) is 3.70. The van der Waals surface area contributed by atoms with E-state index in [1.54, 1.807) is 24.3 Å². The minimum absolute atomic E-state index is 0.248. The molecule has 1 aliphatic heterocycles. The van der Waals surface area contributed by atoms with E-state index < -0.39 is 36.2 Å². The maximum Gasteiger partial charge on any atom is 0.329 e. The van der Waals surface area contributed by atoms with Gasteiger partial charge in [0.2, 0.25) is 11.8 Å². The zero-order valence-corrected chi connectivity index (χ0v) is 20.4. The molecule has 0 unspecified atom stereocenters. The fraction of sp³-hybridized carbons (Fsp3) is 0.267. The smallest absolute Gasteiger partial charge is 0.329 e. The quantitative estimate of drug-likeness (QED) is 0.294. The van der Waals surface area contributed by atoms with Crippen LogP contribution in [0.4, 0.5) is 0 Å². The van der Waals surface area contributed by atoms with E-state index in [2.05, 4.69) is 0 Å². The van der Waals surface area contributed by atoms with Gasteiger partial charge >= 0.3 is 5.97 Å². The molecule has 0 N–H and O–H groups in total. The van der Waals surface area contributed by atoms with Crippen molar-refractivity contribution in [3.63, 3.8) is 0 Å². The van der Waals surface area contributed by atoms with E-state index in [0.717, 1.165) is 27.2 Å². The second kappa shape index (κ2) is 8.69. The summed E-state index contributed by atoms with van der Waals surface area (Å²) in [5.41, 5.74) is 4.60. The van der Waals surface area contributed by atoms with Crippen molar-refractivity contribution in [3.05, 3.63) is 101 Å². The molecule has 0 spiro atoms. The molecule has 0 saturated carbocycles. The summed E-state index contributed by atoms with van der Waals surface area (Å²) in [7, 11) is 1.50. The Kier molecular flexibility index (Phi) is 5.44. The molecule has 3 aromatic rings. The molecule has 0 radical (unpaired) electrons. The highest BCUT2D eigenvalue weighted by atomic mass is 16.5. The largest absolute Gasteiger partial charge is 0.497 e. The average molecular weight is 496 g/mol. The van der Waals surface area contributed by atoms with Crippen molar-refractivity contribution < 1.29 is 28.7 Å². The van der Waals surface area contributed by atoms with Crippen molar-refractivity contribution in [2.45, 2.75) is 24.8 Å². The van der Waals surface area contributed by atoms with Gasteiger partial charge < -0.3 is 9.47 Å². The first-order valence-electron chi connectivity index (χ1n) is 12.3. The highest BCUT2D eigenvalue weighted by Crippen LogP contribution is 2.61. The number of benzene rings is 3. The number of hydrogen-bond donors (Lipinski definition) is 0. The average Bonchev–Trinajstić information content (AvgIpc) is 3.21. The molecule has 7 heteroatoms. The van der Waals surface area contributed by atoms with Crippen LogP contribution in [0.5, 0.6) is 5.75 Å². The van der Waals surface area contributed by atoms with E-state index in [0.29, 0.717) is 11.3 Å². The Bertz CT molecular complexity index is 1350. The second-order valence-electron chi connectivity index (χ2n) is 9.75. The Morgan fingerprint density at radius 3 is 1.81 bits per heavy atom. The van der Waals surface area contributed by atoms with Gasteiger partial charge in [-0.25, -0.2) is 4.79 Å². The molecule has 7 nitrogen and oxygen atoms in total. The van der Waals surface area contributed by atoms with E-state index in [1.165, 1.54) is 14.0 Å². The number of rotatable bonds is 6. The number of carbonyl (C=O) groups is 4. The Labute approximate surface area is 214 Å². The minimum atomic E-state index is -1.14. The highest BCUT2D eigenvalue weighted by molar-refractivity contribution is 6.10. The van der Waals surface area contributed by atoms with Crippen molar-refractivity contribution in [1.82, 2.24) is 4.90 Å². The van der Waals surface area contributed by atoms with Crippen molar-refractivity contribution in [3.8, 4) is 5.75 Å². The van der Waals surface area contributed by atoms with Crippen molar-refractivity contribution >= 4 is 23.6 Å². The number of nitrogens with zero attached hydrogens (tertiary/aromatic N) is 1. The van der Waals surface area contributed by atoms with E-state index in [-0.39, 0.29) is 23.7 Å². The molecule has 1 fully saturated rings. The lowest BCUT2D eigenvalue weighted by Crippen LogP contribution is -2.45. The Balaban J connectivity index is 1.25. The number of hydrogen-bond acceptors (Lipinski definition) is 6. The third-order valence-electron chi connectivity index (χ3n) is 7.95. The van der Waals surface area contributed by atoms with Crippen LogP contribution in [0.15, 0.2) is 72.8 Å². The number of likely N-dealkylation sites (tertiary alicyclic amines) is 1. The van der Waals surface area contributed by atoms with Gasteiger partial charge in [-0.15, -0.1) is 0 Å². The summed E-state index contributed by atoms with van der Waals surface area (Å²) < 4.78 is 10.4. The SMILES string of the molecule is COc1cccc(C(=O)COC(=O)[C@H](C)N2C(=O)[C@H]3C4c5ccccc5C(c5ccccc54)[C@@H]3C2=O)c1. The molecule has 2 amide bonds. The van der Waals surface area contributed by atoms with Crippen LogP contribution in [0.1, 0.15) is 51.4 Å². The molecular formula is C30H25NO6. The Morgan fingerprint density at radius 2 is 1.32 bits per heavy atom. The van der Waals surface area contributed by atoms with Gasteiger partial charge in [-0.2, -0.15) is 0 Å². The van der Waals surface area contributed by atoms with Crippen LogP contribution in [0.2, 0.25) is 0 Å². The van der Waals surface area contributed by atoms with Crippen LogP contribution in [0.25, 0.3) is 0 Å². The van der Waals surface area contributed by atoms with E-state index >= 15 is 0 Å². The molecule has 3 atom stereocenters. The summed E-state index contributed by atoms with van der Waals surface area (Å²) in [6, 6.07) is 21.3. The fourth-order valence-corrected chi connectivity index (χ4v) is 6.32. The molecule has 7 rings (SSSR count). The van der Waals surface area contributed by atoms with Crippen LogP contribution in [-0.4, -0.2) is 48.2 Å². The van der Waals surface area contributed by atoms with Crippen molar-refractivity contribution in [2.24, 2.45) is 11.8 Å². The number of methoxy groups -OCH3 is 1. The maximum atomic E-state index is 13.8. The number of amides is 2. The third kappa shape index (κ3) is 3.41. The third-order valence-corrected chi connectivity index (χ3v) is 7.95. The van der Waals surface area contributed by atoms with E-state index in [9.17, 15) is 19.2 Å². The lowest BCUT2D eigenvalue weighted by Gasteiger charge is -2.45. The minimum Gasteiger partial charge on any atom is -0.497 e. The summed E-state index contributed by atoms with van der Waals surface area (Å²) in [5, 5.41) is 0. The molecule has 1 heterocycles. The van der Waals surface area contributed by atoms with Gasteiger partial charge in [0, 0.05) is 17.4 Å². The van der Waals surface area contributed by atoms with Gasteiger partial charge in [-0.3, -0.25) is 19.3 Å². The van der Waals surface area contributed by atoms with Crippen LogP contribution in [-0.2, 0) is 19.1 Å². The zero-order valence-electron chi connectivity index (χ0n) is 20.4. The molecule has 4 aliphatic rings. The number of ketones is 1. The molecular weight excluding hydrogens is 470 g/mol. The maximum absolute atomic E-state index is 13.8. The van der Waals surface area contributed by atoms with Gasteiger partial charge in [0.1, 0.15) is 11.8 Å². The summed E-state index contributed by atoms with van der Waals surface area (Å²) in [6.45, 7) is 0.981. The topological polar surface area (TPSA) is 90.0 Å². The zero-order chi connectivity index (χ0) is 25.8. The van der Waals surface area contributed by atoms with Crippen LogP contribution in [0, 0.1) is 11.8 Å². The molecule has 3 aliphatic carbocycles. The Morgan fingerprint density at radius 1 is 0.811 bits per heavy atom. The lowest BCUT2D eigenvalue weighted by molar-refractivity contribution is -0.157. The summed E-state index contributed by atoms with van der Waals surface area (Å²) >= 11 is 0. The predicted molar refractivity (Wildman–Crippen MR) is 133 cm³/mol. The number of Topliss-reactive ketones (excluding diaryl/α,β-unsaturated/α-hetero) is 1. The summed E-state index contributed by atoms with van der Waals surface area (Å²) in [4.78, 5) is 54.1. The molecule has 1 saturated heterocycles. The van der Waals surface area contributed by atoms with Crippen LogP contribution >= 0.6 is 0 Å². The molecule has 0 aromatic heterocycles. The van der Waals surface area contributed by atoms with Gasteiger partial charge in [-0.05, 0) is 41.3 Å². The summed E-state index contributed by atoms with van der Waals surface area (Å²) in [6.07, 6.45) is 0. The molecule has 186 valence electrons. The molecule has 37 heavy (non-hydrogen) atoms. The monoisotopic (exact) mass is 495 g/mol. The van der Waals surface area contributed by atoms with Gasteiger partial charge in [0.15, 0.2) is 12.4 Å². The highest BCUT2D eigenvalue weighted by Gasteiger charge is 2.62. The molecule has 2 bridgehead atoms. The number of imide groups is 1. The first-order chi connectivity index (χ1) is 17.9. The van der Waals surface area contributed by atoms with E-state index in [1.807, 2.05) is 48.5 Å². The van der Waals surface area contributed by atoms with Crippen LogP contribution in [0.3, 0.4) is 0 Å². The molecule has 3 aromatic carbocycles. The number of ether oxygens (including phenoxy) is 2. The standard InChI is InChI=1S/C30H25NO6/c1-16(30(35)37-15-23(32)17-8-7-9-18(14-17)36-2)31-28(33)26-24-19-10-3-4-11-20(19)25(27(26)29(31)34)22-13-6-5-12-21(22)24/h3-14,16,24-27H,15H2,1-2H3/t16-,24?,25?,26-,27-/m0/s1. The first kappa shape index (κ1) is 23.2. The van der Waals surface area contributed by atoms with Gasteiger partial charge in [0.25, 0.3) is 0 Å².